The molecule has 146 valence electrons. The van der Waals surface area contributed by atoms with Crippen LogP contribution in [0, 0.1) is 23.1 Å². The minimum absolute atomic E-state index is 0. The van der Waals surface area contributed by atoms with Gasteiger partial charge in [-0.05, 0) is 42.5 Å². The molecule has 2 atom stereocenters. The zero-order valence-electron chi connectivity index (χ0n) is 15.2. The third-order valence-electron chi connectivity index (χ3n) is 5.33. The molecule has 1 saturated heterocycles. The van der Waals surface area contributed by atoms with Crippen molar-refractivity contribution in [2.45, 2.75) is 5.92 Å². The van der Waals surface area contributed by atoms with Gasteiger partial charge >= 0.3 is 0 Å². The number of hydrogen-bond acceptors (Lipinski definition) is 4. The number of likely N-dealkylation sites (tertiary alicyclic amines) is 1. The van der Waals surface area contributed by atoms with Gasteiger partial charge in [0.15, 0.2) is 0 Å². The van der Waals surface area contributed by atoms with E-state index in [0.717, 1.165) is 30.9 Å². The Bertz CT molecular complexity index is 898. The summed E-state index contributed by atoms with van der Waals surface area (Å²) in [5.74, 6) is 1.09. The van der Waals surface area contributed by atoms with Crippen LogP contribution in [0.25, 0.3) is 0 Å². The molecule has 5 nitrogen and oxygen atoms in total. The number of halogens is 2. The summed E-state index contributed by atoms with van der Waals surface area (Å²) in [6.45, 7) is 3.76. The molecule has 4 rings (SSSR count). The zero-order valence-corrected chi connectivity index (χ0v) is 16.0. The number of nitrogens with zero attached hydrogens (tertiary/aromatic N) is 2. The van der Waals surface area contributed by atoms with E-state index in [1.165, 1.54) is 24.3 Å². The average molecular weight is 402 g/mol. The van der Waals surface area contributed by atoms with Crippen LogP contribution in [0.2, 0.25) is 0 Å². The number of carbonyl (C=O) groups is 1. The molecule has 2 aromatic rings. The van der Waals surface area contributed by atoms with E-state index in [0.29, 0.717) is 36.1 Å². The molecule has 2 unspecified atom stereocenters. The number of rotatable bonds is 4. The van der Waals surface area contributed by atoms with Crippen LogP contribution in [0.3, 0.4) is 0 Å². The Balaban J connectivity index is 0.00000225. The van der Waals surface area contributed by atoms with E-state index < -0.39 is 0 Å². The number of nitriles is 1. The van der Waals surface area contributed by atoms with Crippen molar-refractivity contribution in [2.24, 2.45) is 5.92 Å². The predicted octanol–water partition coefficient (Wildman–Crippen LogP) is 2.96. The highest BCUT2D eigenvalue weighted by molar-refractivity contribution is 5.94. The van der Waals surface area contributed by atoms with Gasteiger partial charge in [0.25, 0.3) is 5.91 Å². The number of hydrogen-bond donors (Lipinski definition) is 1. The van der Waals surface area contributed by atoms with Crippen LogP contribution in [0.1, 0.15) is 27.4 Å². The number of carbonyl (C=O) groups excluding carboxylic acids is 1. The Kier molecular flexibility index (Phi) is 6.18. The first kappa shape index (κ1) is 20.1. The Morgan fingerprint density at radius 1 is 1.25 bits per heavy atom. The van der Waals surface area contributed by atoms with Gasteiger partial charge in [0.05, 0.1) is 18.2 Å². The maximum Gasteiger partial charge on any atom is 0.251 e. The van der Waals surface area contributed by atoms with Crippen molar-refractivity contribution in [1.29, 1.82) is 5.26 Å². The molecule has 0 saturated carbocycles. The molecule has 1 amide bonds. The average Bonchev–Trinajstić information content (AvgIpc) is 3.11. The maximum atomic E-state index is 12.9. The monoisotopic (exact) mass is 401 g/mol. The maximum absolute atomic E-state index is 12.9. The van der Waals surface area contributed by atoms with Crippen molar-refractivity contribution < 1.29 is 13.9 Å². The lowest BCUT2D eigenvalue weighted by molar-refractivity contribution is 0.0949. The van der Waals surface area contributed by atoms with Gasteiger partial charge in [-0.2, -0.15) is 5.26 Å². The van der Waals surface area contributed by atoms with Crippen LogP contribution in [0.4, 0.5) is 4.39 Å². The van der Waals surface area contributed by atoms with Gasteiger partial charge in [-0.15, -0.1) is 12.4 Å². The summed E-state index contributed by atoms with van der Waals surface area (Å²) in [5.41, 5.74) is 2.23. The topological polar surface area (TPSA) is 65.4 Å². The van der Waals surface area contributed by atoms with Gasteiger partial charge in [0.1, 0.15) is 11.6 Å². The van der Waals surface area contributed by atoms with E-state index in [9.17, 15) is 9.18 Å². The van der Waals surface area contributed by atoms with Crippen LogP contribution in [-0.2, 0) is 0 Å². The van der Waals surface area contributed by atoms with Crippen molar-refractivity contribution in [3.63, 3.8) is 0 Å². The molecule has 0 radical (unpaired) electrons. The molecule has 2 aliphatic rings. The molecule has 2 aliphatic heterocycles. The Labute approximate surface area is 169 Å². The third-order valence-corrected chi connectivity index (χ3v) is 5.33. The van der Waals surface area contributed by atoms with Crippen LogP contribution >= 0.6 is 12.4 Å². The summed E-state index contributed by atoms with van der Waals surface area (Å²) in [6, 6.07) is 13.3. The van der Waals surface area contributed by atoms with Gasteiger partial charge in [0, 0.05) is 49.1 Å². The van der Waals surface area contributed by atoms with Gasteiger partial charge in [-0.25, -0.2) is 4.39 Å². The normalized spacial score (nSPS) is 20.1. The van der Waals surface area contributed by atoms with E-state index in [-0.39, 0.29) is 24.1 Å². The van der Waals surface area contributed by atoms with Crippen LogP contribution in [-0.4, -0.2) is 43.6 Å². The van der Waals surface area contributed by atoms with Gasteiger partial charge in [-0.3, -0.25) is 4.79 Å². The summed E-state index contributed by atoms with van der Waals surface area (Å²) in [7, 11) is 0. The molecule has 0 bridgehead atoms. The summed E-state index contributed by atoms with van der Waals surface area (Å²) in [6.07, 6.45) is 0. The zero-order chi connectivity index (χ0) is 18.8. The van der Waals surface area contributed by atoms with Gasteiger partial charge in [-0.1, -0.05) is 0 Å². The summed E-state index contributed by atoms with van der Waals surface area (Å²) < 4.78 is 18.8. The van der Waals surface area contributed by atoms with Crippen molar-refractivity contribution in [3.05, 3.63) is 65.0 Å². The van der Waals surface area contributed by atoms with Crippen LogP contribution in [0.5, 0.6) is 5.75 Å². The van der Waals surface area contributed by atoms with Crippen molar-refractivity contribution in [2.75, 3.05) is 32.8 Å². The van der Waals surface area contributed by atoms with Crippen LogP contribution in [0.15, 0.2) is 42.5 Å². The quantitative estimate of drug-likeness (QED) is 0.855. The number of ether oxygens (including phenoxy) is 1. The largest absolute Gasteiger partial charge is 0.493 e. The summed E-state index contributed by atoms with van der Waals surface area (Å²) >= 11 is 0. The van der Waals surface area contributed by atoms with Crippen molar-refractivity contribution in [3.8, 4) is 11.8 Å². The second kappa shape index (κ2) is 8.59. The Morgan fingerprint density at radius 2 is 2.04 bits per heavy atom. The molecule has 7 heteroatoms. The first-order chi connectivity index (χ1) is 13.1. The fourth-order valence-electron chi connectivity index (χ4n) is 3.93. The lowest BCUT2D eigenvalue weighted by atomic mass is 9.86. The first-order valence-electron chi connectivity index (χ1n) is 9.07. The number of fused-ring (bicyclic) bond motifs is 3. The summed E-state index contributed by atoms with van der Waals surface area (Å²) in [5, 5.41) is 12.0. The van der Waals surface area contributed by atoms with Gasteiger partial charge < -0.3 is 15.0 Å². The van der Waals surface area contributed by atoms with Gasteiger partial charge in [0.2, 0.25) is 0 Å². The first-order valence-corrected chi connectivity index (χ1v) is 9.07. The highest BCUT2D eigenvalue weighted by atomic mass is 35.5. The van der Waals surface area contributed by atoms with E-state index in [2.05, 4.69) is 16.3 Å². The molecule has 2 aromatic carbocycles. The van der Waals surface area contributed by atoms with E-state index in [4.69, 9.17) is 10.00 Å². The lowest BCUT2D eigenvalue weighted by Gasteiger charge is -2.27. The second-order valence-corrected chi connectivity index (χ2v) is 7.06. The van der Waals surface area contributed by atoms with E-state index in [1.54, 1.807) is 6.07 Å². The minimum atomic E-state index is -0.353. The van der Waals surface area contributed by atoms with E-state index in [1.807, 2.05) is 12.1 Å². The van der Waals surface area contributed by atoms with E-state index >= 15 is 0 Å². The lowest BCUT2D eigenvalue weighted by Crippen LogP contribution is -2.34. The minimum Gasteiger partial charge on any atom is -0.493 e. The SMILES string of the molecule is Cl.N#Cc1ccc2c(c1)C1CN(CCNC(=O)c3ccc(F)cc3)CC1CO2. The highest BCUT2D eigenvalue weighted by Crippen LogP contribution is 2.41. The van der Waals surface area contributed by atoms with Crippen molar-refractivity contribution in [1.82, 2.24) is 10.2 Å². The molecule has 0 aromatic heterocycles. The fraction of sp³-hybridized carbons (Fsp3) is 0.333. The molecule has 28 heavy (non-hydrogen) atoms. The molecule has 0 spiro atoms. The molecular weight excluding hydrogens is 381 g/mol. The smallest absolute Gasteiger partial charge is 0.251 e. The number of amides is 1. The van der Waals surface area contributed by atoms with Crippen LogP contribution < -0.4 is 10.1 Å². The fourth-order valence-corrected chi connectivity index (χ4v) is 3.93. The summed E-state index contributed by atoms with van der Waals surface area (Å²) in [4.78, 5) is 14.4. The predicted molar refractivity (Wildman–Crippen MR) is 105 cm³/mol. The number of nitrogens with one attached hydrogen (secondary N) is 1. The molecule has 2 heterocycles. The second-order valence-electron chi connectivity index (χ2n) is 7.06. The Hall–Kier alpha value is -2.62. The third kappa shape index (κ3) is 4.11. The standard InChI is InChI=1S/C21H20FN3O2.ClH/c22-17-4-2-15(3-5-17)21(26)24-7-8-25-11-16-13-27-20-6-1-14(10-23)9-18(20)19(16)12-25;/h1-6,9,16,19H,7-8,11-13H2,(H,24,26);1H. The highest BCUT2D eigenvalue weighted by Gasteiger charge is 2.38. The van der Waals surface area contributed by atoms with Crippen molar-refractivity contribution >= 4 is 18.3 Å². The molecule has 1 N–H and O–H groups in total. The molecular formula is C21H21ClFN3O2. The Morgan fingerprint density at radius 3 is 2.79 bits per heavy atom. The molecule has 1 fully saturated rings. The molecule has 0 aliphatic carbocycles. The number of benzene rings is 2.